The number of nitrogens with zero attached hydrogens (tertiary/aromatic N) is 1. The summed E-state index contributed by atoms with van der Waals surface area (Å²) in [5.74, 6) is 0.558. The van der Waals surface area contributed by atoms with Gasteiger partial charge < -0.3 is 21.6 Å². The zero-order valence-electron chi connectivity index (χ0n) is 14.3. The van der Waals surface area contributed by atoms with Gasteiger partial charge in [-0.1, -0.05) is 41.9 Å². The number of Topliss-reactive ketones (excluding diaryl/α,β-unsaturated/α-hetero) is 1. The Kier molecular flexibility index (Phi) is 7.74. The molecule has 0 bridgehead atoms. The van der Waals surface area contributed by atoms with E-state index in [0.717, 1.165) is 17.6 Å². The van der Waals surface area contributed by atoms with Gasteiger partial charge in [0.1, 0.15) is 25.4 Å². The highest BCUT2D eigenvalue weighted by Gasteiger charge is 2.17. The Morgan fingerprint density at radius 1 is 1.12 bits per heavy atom. The van der Waals surface area contributed by atoms with Crippen LogP contribution in [-0.4, -0.2) is 37.5 Å². The van der Waals surface area contributed by atoms with Crippen LogP contribution in [0.25, 0.3) is 0 Å². The second-order valence-electron chi connectivity index (χ2n) is 6.35. The summed E-state index contributed by atoms with van der Waals surface area (Å²) in [6.07, 6.45) is 0. The van der Waals surface area contributed by atoms with Crippen LogP contribution < -0.4 is 17.1 Å². The molecule has 3 nitrogen and oxygen atoms in total. The van der Waals surface area contributed by atoms with Gasteiger partial charge in [-0.25, -0.2) is 0 Å². The third kappa shape index (κ3) is 6.16. The van der Waals surface area contributed by atoms with Crippen LogP contribution in [0.4, 0.5) is 0 Å². The Morgan fingerprint density at radius 2 is 1.79 bits per heavy atom. The second-order valence-corrected chi connectivity index (χ2v) is 6.78. The molecule has 0 saturated heterocycles. The van der Waals surface area contributed by atoms with Crippen molar-refractivity contribution in [2.24, 2.45) is 0 Å². The Morgan fingerprint density at radius 3 is 2.42 bits per heavy atom. The molecule has 0 fully saturated rings. The summed E-state index contributed by atoms with van der Waals surface area (Å²) in [7, 11) is 4.34. The van der Waals surface area contributed by atoms with Gasteiger partial charge in [-0.3, -0.25) is 4.79 Å². The number of hydrogen-bond acceptors (Lipinski definition) is 2. The van der Waals surface area contributed by atoms with Gasteiger partial charge in [0.05, 0.1) is 19.7 Å². The maximum absolute atomic E-state index is 11.7. The minimum absolute atomic E-state index is 0. The standard InChI is InChI=1S/C19H23ClNO2.ClH/c1-15(22)18-13-17(20)9-10-19(18)23-12-11-21(2,3)14-16-7-5-4-6-8-16;/h4-10,13H,11-12,14H2,1-3H3;1H/q+1;/p-1. The quantitative estimate of drug-likeness (QED) is 0.542. The summed E-state index contributed by atoms with van der Waals surface area (Å²) in [5, 5.41) is 0.544. The zero-order valence-corrected chi connectivity index (χ0v) is 15.8. The molecule has 0 aliphatic carbocycles. The van der Waals surface area contributed by atoms with Crippen LogP contribution in [0.3, 0.4) is 0 Å². The van der Waals surface area contributed by atoms with Crippen molar-refractivity contribution in [3.05, 3.63) is 64.7 Å². The molecule has 0 aromatic heterocycles. The first kappa shape index (κ1) is 20.5. The summed E-state index contributed by atoms with van der Waals surface area (Å²) >= 11 is 5.95. The molecule has 0 heterocycles. The number of hydrogen-bond donors (Lipinski definition) is 0. The van der Waals surface area contributed by atoms with E-state index in [1.54, 1.807) is 18.2 Å². The molecule has 2 rings (SSSR count). The van der Waals surface area contributed by atoms with Gasteiger partial charge in [0, 0.05) is 10.6 Å². The zero-order chi connectivity index (χ0) is 16.9. The Balaban J connectivity index is 0.00000288. The molecule has 24 heavy (non-hydrogen) atoms. The molecule has 5 heteroatoms. The number of ketones is 1. The topological polar surface area (TPSA) is 26.3 Å². The first-order valence-electron chi connectivity index (χ1n) is 7.67. The molecule has 0 unspecified atom stereocenters. The fourth-order valence-electron chi connectivity index (χ4n) is 2.46. The lowest BCUT2D eigenvalue weighted by Crippen LogP contribution is -3.00. The Bertz CT molecular complexity index is 672. The third-order valence-electron chi connectivity index (χ3n) is 3.73. The predicted octanol–water partition coefficient (Wildman–Crippen LogP) is 1.20. The normalized spacial score (nSPS) is 10.8. The molecule has 130 valence electrons. The van der Waals surface area contributed by atoms with Gasteiger partial charge in [-0.2, -0.15) is 0 Å². The van der Waals surface area contributed by atoms with E-state index >= 15 is 0 Å². The van der Waals surface area contributed by atoms with Crippen molar-refractivity contribution in [1.29, 1.82) is 0 Å². The highest BCUT2D eigenvalue weighted by Crippen LogP contribution is 2.23. The van der Waals surface area contributed by atoms with Gasteiger partial charge >= 0.3 is 0 Å². The van der Waals surface area contributed by atoms with E-state index < -0.39 is 0 Å². The van der Waals surface area contributed by atoms with Crippen molar-refractivity contribution in [2.75, 3.05) is 27.2 Å². The van der Waals surface area contributed by atoms with Gasteiger partial charge in [0.15, 0.2) is 5.78 Å². The minimum atomic E-state index is -0.0412. The highest BCUT2D eigenvalue weighted by atomic mass is 35.5. The fraction of sp³-hybridized carbons (Fsp3) is 0.316. The lowest BCUT2D eigenvalue weighted by atomic mass is 10.1. The van der Waals surface area contributed by atoms with Crippen molar-refractivity contribution >= 4 is 17.4 Å². The fourth-order valence-corrected chi connectivity index (χ4v) is 2.63. The van der Waals surface area contributed by atoms with Crippen LogP contribution in [0.2, 0.25) is 5.02 Å². The van der Waals surface area contributed by atoms with E-state index in [1.165, 1.54) is 12.5 Å². The molecule has 2 aromatic rings. The van der Waals surface area contributed by atoms with Crippen LogP contribution in [0.1, 0.15) is 22.8 Å². The van der Waals surface area contributed by atoms with Crippen molar-refractivity contribution in [3.63, 3.8) is 0 Å². The van der Waals surface area contributed by atoms with Gasteiger partial charge in [0.25, 0.3) is 0 Å². The van der Waals surface area contributed by atoms with E-state index in [1.807, 2.05) is 6.07 Å². The van der Waals surface area contributed by atoms with Crippen LogP contribution in [0.5, 0.6) is 5.75 Å². The molecule has 0 atom stereocenters. The summed E-state index contributed by atoms with van der Waals surface area (Å²) < 4.78 is 6.64. The number of halogens is 2. The van der Waals surface area contributed by atoms with E-state index in [2.05, 4.69) is 38.4 Å². The van der Waals surface area contributed by atoms with Crippen LogP contribution in [0.15, 0.2) is 48.5 Å². The maximum atomic E-state index is 11.7. The summed E-state index contributed by atoms with van der Waals surface area (Å²) in [6, 6.07) is 15.6. The van der Waals surface area contributed by atoms with E-state index in [-0.39, 0.29) is 18.2 Å². The molecule has 0 spiro atoms. The van der Waals surface area contributed by atoms with E-state index in [4.69, 9.17) is 16.3 Å². The van der Waals surface area contributed by atoms with Crippen molar-refractivity contribution < 1.29 is 26.4 Å². The molecule has 0 amide bonds. The second kappa shape index (κ2) is 9.07. The summed E-state index contributed by atoms with van der Waals surface area (Å²) in [6.45, 7) is 3.84. The lowest BCUT2D eigenvalue weighted by Gasteiger charge is -2.29. The van der Waals surface area contributed by atoms with E-state index in [9.17, 15) is 4.79 Å². The monoisotopic (exact) mass is 367 g/mol. The smallest absolute Gasteiger partial charge is 0.163 e. The highest BCUT2D eigenvalue weighted by molar-refractivity contribution is 6.31. The van der Waals surface area contributed by atoms with Crippen molar-refractivity contribution in [3.8, 4) is 5.75 Å². The number of likely N-dealkylation sites (N-methyl/N-ethyl adjacent to an activating group) is 1. The lowest BCUT2D eigenvalue weighted by molar-refractivity contribution is -0.903. The van der Waals surface area contributed by atoms with Crippen molar-refractivity contribution in [1.82, 2.24) is 0 Å². The first-order chi connectivity index (χ1) is 10.9. The van der Waals surface area contributed by atoms with Gasteiger partial charge in [-0.05, 0) is 25.1 Å². The van der Waals surface area contributed by atoms with Crippen LogP contribution in [0, 0.1) is 0 Å². The number of quaternary nitrogens is 1. The molecular weight excluding hydrogens is 345 g/mol. The molecule has 0 radical (unpaired) electrons. The van der Waals surface area contributed by atoms with Crippen molar-refractivity contribution in [2.45, 2.75) is 13.5 Å². The maximum Gasteiger partial charge on any atom is 0.163 e. The largest absolute Gasteiger partial charge is 1.00 e. The van der Waals surface area contributed by atoms with Crippen LogP contribution >= 0.6 is 11.6 Å². The molecule has 0 aliphatic heterocycles. The number of ether oxygens (including phenoxy) is 1. The van der Waals surface area contributed by atoms with E-state index in [0.29, 0.717) is 22.9 Å². The molecule has 2 aromatic carbocycles. The molecule has 0 saturated carbocycles. The summed E-state index contributed by atoms with van der Waals surface area (Å²) in [5.41, 5.74) is 1.83. The number of carbonyl (C=O) groups excluding carboxylic acids is 1. The number of carbonyl (C=O) groups is 1. The Labute approximate surface area is 155 Å². The molecule has 0 N–H and O–H groups in total. The molecule has 0 aliphatic rings. The third-order valence-corrected chi connectivity index (χ3v) is 3.96. The number of benzene rings is 2. The Hall–Kier alpha value is -1.55. The number of rotatable bonds is 7. The van der Waals surface area contributed by atoms with Gasteiger partial charge in [-0.15, -0.1) is 0 Å². The average molecular weight is 368 g/mol. The predicted molar refractivity (Wildman–Crippen MR) is 94.1 cm³/mol. The van der Waals surface area contributed by atoms with Crippen LogP contribution in [-0.2, 0) is 6.54 Å². The first-order valence-corrected chi connectivity index (χ1v) is 8.04. The minimum Gasteiger partial charge on any atom is -1.00 e. The molecular formula is C19H23Cl2NO2. The summed E-state index contributed by atoms with van der Waals surface area (Å²) in [4.78, 5) is 11.7. The van der Waals surface area contributed by atoms with Gasteiger partial charge in [0.2, 0.25) is 0 Å². The SMILES string of the molecule is CC(=O)c1cc(Cl)ccc1OCC[N+](C)(C)Cc1ccccc1.[Cl-]. The average Bonchev–Trinajstić information content (AvgIpc) is 2.49.